The Morgan fingerprint density at radius 2 is 2.10 bits per heavy atom. The molecule has 0 radical (unpaired) electrons. The normalized spacial score (nSPS) is 17.8. The van der Waals surface area contributed by atoms with E-state index in [4.69, 9.17) is 4.74 Å². The van der Waals surface area contributed by atoms with Crippen LogP contribution in [0.3, 0.4) is 0 Å². The van der Waals surface area contributed by atoms with E-state index in [1.807, 2.05) is 24.3 Å². The van der Waals surface area contributed by atoms with Gasteiger partial charge in [-0.3, -0.25) is 9.59 Å². The topological polar surface area (TPSA) is 67.4 Å². The van der Waals surface area contributed by atoms with Crippen molar-refractivity contribution < 1.29 is 14.3 Å². The molecule has 0 bridgehead atoms. The summed E-state index contributed by atoms with van der Waals surface area (Å²) in [6, 6.07) is 7.69. The van der Waals surface area contributed by atoms with Gasteiger partial charge in [0.05, 0.1) is 6.54 Å². The molecular weight excluding hydrogens is 268 g/mol. The van der Waals surface area contributed by atoms with Crippen LogP contribution in [0.5, 0.6) is 0 Å². The van der Waals surface area contributed by atoms with Gasteiger partial charge in [-0.15, -0.1) is 0 Å². The van der Waals surface area contributed by atoms with Crippen molar-refractivity contribution in [1.29, 1.82) is 0 Å². The molecule has 1 fully saturated rings. The van der Waals surface area contributed by atoms with Crippen LogP contribution < -0.4 is 10.6 Å². The first-order valence-electron chi connectivity index (χ1n) is 7.36. The lowest BCUT2D eigenvalue weighted by Gasteiger charge is -2.14. The minimum atomic E-state index is -0.402. The Balaban J connectivity index is 1.86. The molecule has 1 heterocycles. The second-order valence-corrected chi connectivity index (χ2v) is 5.51. The van der Waals surface area contributed by atoms with E-state index in [1.165, 1.54) is 0 Å². The first-order chi connectivity index (χ1) is 10.1. The summed E-state index contributed by atoms with van der Waals surface area (Å²) in [7, 11) is 0. The van der Waals surface area contributed by atoms with Crippen molar-refractivity contribution in [1.82, 2.24) is 5.32 Å². The Morgan fingerprint density at radius 3 is 2.76 bits per heavy atom. The molecule has 114 valence electrons. The molecule has 0 aromatic heterocycles. The number of para-hydroxylation sites is 1. The molecule has 2 N–H and O–H groups in total. The van der Waals surface area contributed by atoms with E-state index in [-0.39, 0.29) is 18.4 Å². The van der Waals surface area contributed by atoms with Crippen molar-refractivity contribution in [3.8, 4) is 0 Å². The minimum absolute atomic E-state index is 0.0366. The molecule has 1 saturated heterocycles. The van der Waals surface area contributed by atoms with Gasteiger partial charge >= 0.3 is 0 Å². The summed E-state index contributed by atoms with van der Waals surface area (Å²) in [5.41, 5.74) is 1.88. The molecule has 2 rings (SSSR count). The average Bonchev–Trinajstić information content (AvgIpc) is 2.99. The molecule has 2 amide bonds. The lowest BCUT2D eigenvalue weighted by atomic mass is 10.0. The highest BCUT2D eigenvalue weighted by molar-refractivity contribution is 5.95. The highest BCUT2D eigenvalue weighted by atomic mass is 16.5. The Bertz CT molecular complexity index is 508. The quantitative estimate of drug-likeness (QED) is 0.872. The van der Waals surface area contributed by atoms with Gasteiger partial charge in [-0.25, -0.2) is 0 Å². The van der Waals surface area contributed by atoms with E-state index in [1.54, 1.807) is 0 Å². The van der Waals surface area contributed by atoms with E-state index >= 15 is 0 Å². The van der Waals surface area contributed by atoms with Gasteiger partial charge in [0.1, 0.15) is 6.10 Å². The molecule has 21 heavy (non-hydrogen) atoms. The molecule has 5 nitrogen and oxygen atoms in total. The second-order valence-electron chi connectivity index (χ2n) is 5.51. The lowest BCUT2D eigenvalue weighted by Crippen LogP contribution is -2.39. The van der Waals surface area contributed by atoms with E-state index in [0.29, 0.717) is 12.5 Å². The molecule has 1 aliphatic rings. The van der Waals surface area contributed by atoms with Gasteiger partial charge in [-0.2, -0.15) is 0 Å². The van der Waals surface area contributed by atoms with Crippen LogP contribution in [0.4, 0.5) is 5.69 Å². The fourth-order valence-corrected chi connectivity index (χ4v) is 2.37. The zero-order valence-corrected chi connectivity index (χ0v) is 12.5. The van der Waals surface area contributed by atoms with Crippen molar-refractivity contribution in [3.05, 3.63) is 29.8 Å². The van der Waals surface area contributed by atoms with E-state index in [0.717, 1.165) is 24.1 Å². The summed E-state index contributed by atoms with van der Waals surface area (Å²) in [6.07, 6.45) is 1.22. The maximum Gasteiger partial charge on any atom is 0.249 e. The van der Waals surface area contributed by atoms with Gasteiger partial charge in [-0.05, 0) is 30.4 Å². The summed E-state index contributed by atoms with van der Waals surface area (Å²) in [6.45, 7) is 4.73. The molecule has 1 atom stereocenters. The van der Waals surface area contributed by atoms with Crippen LogP contribution in [0.15, 0.2) is 24.3 Å². The SMILES string of the molecule is CC(C)c1ccccc1NC(=O)CNC(=O)C1CCCO1. The Morgan fingerprint density at radius 1 is 1.33 bits per heavy atom. The smallest absolute Gasteiger partial charge is 0.249 e. The highest BCUT2D eigenvalue weighted by Gasteiger charge is 2.23. The number of rotatable bonds is 5. The number of nitrogens with one attached hydrogen (secondary N) is 2. The van der Waals surface area contributed by atoms with E-state index in [9.17, 15) is 9.59 Å². The molecule has 1 aromatic carbocycles. The third kappa shape index (κ3) is 4.29. The van der Waals surface area contributed by atoms with Crippen molar-refractivity contribution in [3.63, 3.8) is 0 Å². The van der Waals surface area contributed by atoms with Gasteiger partial charge in [0.2, 0.25) is 11.8 Å². The monoisotopic (exact) mass is 290 g/mol. The average molecular weight is 290 g/mol. The maximum atomic E-state index is 11.9. The first kappa shape index (κ1) is 15.5. The molecular formula is C16H22N2O3. The fourth-order valence-electron chi connectivity index (χ4n) is 2.37. The predicted molar refractivity (Wildman–Crippen MR) is 81.1 cm³/mol. The zero-order chi connectivity index (χ0) is 15.2. The first-order valence-corrected chi connectivity index (χ1v) is 7.36. The maximum absolute atomic E-state index is 11.9. The minimum Gasteiger partial charge on any atom is -0.368 e. The zero-order valence-electron chi connectivity index (χ0n) is 12.5. The largest absolute Gasteiger partial charge is 0.368 e. The van der Waals surface area contributed by atoms with E-state index < -0.39 is 6.10 Å². The molecule has 5 heteroatoms. The molecule has 0 saturated carbocycles. The van der Waals surface area contributed by atoms with E-state index in [2.05, 4.69) is 24.5 Å². The third-order valence-corrected chi connectivity index (χ3v) is 3.50. The van der Waals surface area contributed by atoms with Gasteiger partial charge in [-0.1, -0.05) is 32.0 Å². The summed E-state index contributed by atoms with van der Waals surface area (Å²) in [5.74, 6) is -0.114. The number of benzene rings is 1. The Hall–Kier alpha value is -1.88. The lowest BCUT2D eigenvalue weighted by molar-refractivity contribution is -0.131. The van der Waals surface area contributed by atoms with Gasteiger partial charge in [0.15, 0.2) is 0 Å². The Kier molecular flexibility index (Phi) is 5.33. The second kappa shape index (κ2) is 7.22. The van der Waals surface area contributed by atoms with Crippen molar-refractivity contribution >= 4 is 17.5 Å². The summed E-state index contributed by atoms with van der Waals surface area (Å²) in [4.78, 5) is 23.7. The molecule has 0 spiro atoms. The van der Waals surface area contributed by atoms with Crippen molar-refractivity contribution in [2.24, 2.45) is 0 Å². The Labute approximate surface area is 125 Å². The third-order valence-electron chi connectivity index (χ3n) is 3.50. The van der Waals surface area contributed by atoms with Crippen LogP contribution in [0.25, 0.3) is 0 Å². The van der Waals surface area contributed by atoms with Crippen molar-refractivity contribution in [2.45, 2.75) is 38.7 Å². The van der Waals surface area contributed by atoms with Gasteiger partial charge < -0.3 is 15.4 Å². The van der Waals surface area contributed by atoms with Crippen LogP contribution in [0, 0.1) is 0 Å². The van der Waals surface area contributed by atoms with Gasteiger partial charge in [0.25, 0.3) is 0 Å². The van der Waals surface area contributed by atoms with Crippen LogP contribution in [0.2, 0.25) is 0 Å². The number of hydrogen-bond donors (Lipinski definition) is 2. The van der Waals surface area contributed by atoms with Gasteiger partial charge in [0, 0.05) is 12.3 Å². The van der Waals surface area contributed by atoms with Crippen LogP contribution in [-0.4, -0.2) is 31.1 Å². The molecule has 0 aliphatic carbocycles. The standard InChI is InChI=1S/C16H22N2O3/c1-11(2)12-6-3-4-7-13(12)18-15(19)10-17-16(20)14-8-5-9-21-14/h3-4,6-7,11,14H,5,8-10H2,1-2H3,(H,17,20)(H,18,19). The fraction of sp³-hybridized carbons (Fsp3) is 0.500. The molecule has 1 aliphatic heterocycles. The number of carbonyl (C=O) groups excluding carboxylic acids is 2. The highest BCUT2D eigenvalue weighted by Crippen LogP contribution is 2.23. The number of amides is 2. The molecule has 1 unspecified atom stereocenters. The summed E-state index contributed by atoms with van der Waals surface area (Å²) < 4.78 is 5.27. The number of hydrogen-bond acceptors (Lipinski definition) is 3. The van der Waals surface area contributed by atoms with Crippen LogP contribution in [-0.2, 0) is 14.3 Å². The van der Waals surface area contributed by atoms with Crippen LogP contribution in [0.1, 0.15) is 38.2 Å². The van der Waals surface area contributed by atoms with Crippen molar-refractivity contribution in [2.75, 3.05) is 18.5 Å². The number of carbonyl (C=O) groups is 2. The van der Waals surface area contributed by atoms with Crippen LogP contribution >= 0.6 is 0 Å². The number of anilines is 1. The summed E-state index contributed by atoms with van der Waals surface area (Å²) >= 11 is 0. The number of ether oxygens (including phenoxy) is 1. The molecule has 1 aromatic rings. The predicted octanol–water partition coefficient (Wildman–Crippen LogP) is 2.04. The summed E-state index contributed by atoms with van der Waals surface area (Å²) in [5, 5.41) is 5.46.